The largest absolute Gasteiger partial charge is 0.483 e. The first-order chi connectivity index (χ1) is 11.8. The maximum absolute atomic E-state index is 11.9. The van der Waals surface area contributed by atoms with Crippen LogP contribution in [0.1, 0.15) is 58.4 Å². The van der Waals surface area contributed by atoms with Crippen LogP contribution < -0.4 is 10.2 Å². The molecule has 5 heteroatoms. The van der Waals surface area contributed by atoms with Crippen molar-refractivity contribution in [3.63, 3.8) is 0 Å². The van der Waals surface area contributed by atoms with Crippen molar-refractivity contribution in [2.24, 2.45) is 16.4 Å². The van der Waals surface area contributed by atoms with E-state index in [1.807, 2.05) is 13.0 Å². The molecule has 1 aromatic carbocycles. The highest BCUT2D eigenvalue weighted by Gasteiger charge is 2.30. The number of benzene rings is 1. The van der Waals surface area contributed by atoms with Gasteiger partial charge in [-0.3, -0.25) is 4.79 Å². The van der Waals surface area contributed by atoms with Crippen molar-refractivity contribution in [1.29, 1.82) is 0 Å². The minimum atomic E-state index is -0.238. The smallest absolute Gasteiger partial charge is 0.277 e. The average Bonchev–Trinajstić information content (AvgIpc) is 2.59. The molecule has 0 heterocycles. The van der Waals surface area contributed by atoms with Crippen LogP contribution in [0.3, 0.4) is 0 Å². The predicted molar refractivity (Wildman–Crippen MR) is 103 cm³/mol. The van der Waals surface area contributed by atoms with Gasteiger partial charge in [0.2, 0.25) is 0 Å². The van der Waals surface area contributed by atoms with Crippen molar-refractivity contribution in [1.82, 2.24) is 5.43 Å². The maximum Gasteiger partial charge on any atom is 0.277 e. The fourth-order valence-electron chi connectivity index (χ4n) is 3.22. The molecule has 1 amide bonds. The van der Waals surface area contributed by atoms with Gasteiger partial charge in [-0.05, 0) is 67.7 Å². The van der Waals surface area contributed by atoms with E-state index in [4.69, 9.17) is 16.3 Å². The highest BCUT2D eigenvalue weighted by Crippen LogP contribution is 2.39. The Kier molecular flexibility index (Phi) is 6.88. The van der Waals surface area contributed by atoms with Gasteiger partial charge in [0.15, 0.2) is 6.61 Å². The highest BCUT2D eigenvalue weighted by molar-refractivity contribution is 6.30. The van der Waals surface area contributed by atoms with Crippen LogP contribution in [0.5, 0.6) is 5.75 Å². The number of rotatable bonds is 6. The first-order valence-electron chi connectivity index (χ1n) is 9.05. The molecule has 2 rings (SSSR count). The first-order valence-corrected chi connectivity index (χ1v) is 9.43. The molecule has 1 saturated carbocycles. The van der Waals surface area contributed by atoms with E-state index in [1.165, 1.54) is 6.42 Å². The van der Waals surface area contributed by atoms with Gasteiger partial charge in [0.05, 0.1) is 0 Å². The van der Waals surface area contributed by atoms with Crippen LogP contribution in [0, 0.1) is 18.3 Å². The molecule has 0 radical (unpaired) electrons. The Morgan fingerprint density at radius 3 is 2.64 bits per heavy atom. The Morgan fingerprint density at radius 1 is 1.36 bits per heavy atom. The number of nitrogens with one attached hydrogen (secondary N) is 1. The molecule has 0 saturated heterocycles. The molecule has 0 aliphatic heterocycles. The fraction of sp³-hybridized carbons (Fsp3) is 0.600. The summed E-state index contributed by atoms with van der Waals surface area (Å²) in [5.74, 6) is 1.16. The van der Waals surface area contributed by atoms with Gasteiger partial charge < -0.3 is 4.74 Å². The molecule has 0 unspecified atom stereocenters. The topological polar surface area (TPSA) is 50.7 Å². The number of carbonyl (C=O) groups excluding carboxylic acids is 1. The van der Waals surface area contributed by atoms with Crippen molar-refractivity contribution in [3.8, 4) is 5.75 Å². The van der Waals surface area contributed by atoms with E-state index in [2.05, 4.69) is 31.3 Å². The molecule has 0 bridgehead atoms. The Balaban J connectivity index is 1.77. The summed E-state index contributed by atoms with van der Waals surface area (Å²) in [7, 11) is 0. The fourth-order valence-corrected chi connectivity index (χ4v) is 3.45. The summed E-state index contributed by atoms with van der Waals surface area (Å²) in [4.78, 5) is 11.9. The van der Waals surface area contributed by atoms with E-state index in [9.17, 15) is 4.79 Å². The van der Waals surface area contributed by atoms with Gasteiger partial charge in [-0.15, -0.1) is 0 Å². The lowest BCUT2D eigenvalue weighted by molar-refractivity contribution is -0.123. The molecule has 0 aromatic heterocycles. The van der Waals surface area contributed by atoms with E-state index < -0.39 is 0 Å². The van der Waals surface area contributed by atoms with Crippen LogP contribution in [0.2, 0.25) is 5.02 Å². The molecular formula is C20H29ClN2O2. The lowest BCUT2D eigenvalue weighted by Crippen LogP contribution is -2.30. The van der Waals surface area contributed by atoms with E-state index >= 15 is 0 Å². The van der Waals surface area contributed by atoms with E-state index in [0.29, 0.717) is 16.2 Å². The van der Waals surface area contributed by atoms with Gasteiger partial charge >= 0.3 is 0 Å². The summed E-state index contributed by atoms with van der Waals surface area (Å²) in [5, 5.41) is 4.95. The third kappa shape index (κ3) is 5.74. The van der Waals surface area contributed by atoms with Gasteiger partial charge in [0.25, 0.3) is 5.91 Å². The summed E-state index contributed by atoms with van der Waals surface area (Å²) in [5.41, 5.74) is 5.00. The van der Waals surface area contributed by atoms with Gasteiger partial charge in [-0.1, -0.05) is 38.8 Å². The van der Waals surface area contributed by atoms with Gasteiger partial charge in [-0.25, -0.2) is 5.43 Å². The zero-order chi connectivity index (χ0) is 18.4. The number of carbonyl (C=O) groups is 1. The molecule has 0 spiro atoms. The summed E-state index contributed by atoms with van der Waals surface area (Å²) >= 11 is 5.91. The van der Waals surface area contributed by atoms with Crippen LogP contribution in [-0.2, 0) is 4.79 Å². The quantitative estimate of drug-likeness (QED) is 0.711. The van der Waals surface area contributed by atoms with Crippen molar-refractivity contribution >= 4 is 23.2 Å². The van der Waals surface area contributed by atoms with Gasteiger partial charge in [0.1, 0.15) is 5.75 Å². The zero-order valence-electron chi connectivity index (χ0n) is 15.7. The maximum atomic E-state index is 11.9. The third-order valence-corrected chi connectivity index (χ3v) is 5.65. The SMILES string of the molecule is CCC(C)(C)C1CCC(=NNC(=O)COc2ccc(Cl)cc2C)CC1. The van der Waals surface area contributed by atoms with Crippen molar-refractivity contribution in [3.05, 3.63) is 28.8 Å². The normalized spacial score (nSPS) is 18.0. The van der Waals surface area contributed by atoms with E-state index in [-0.39, 0.29) is 12.5 Å². The Hall–Kier alpha value is -1.55. The lowest BCUT2D eigenvalue weighted by atomic mass is 9.69. The minimum Gasteiger partial charge on any atom is -0.483 e. The summed E-state index contributed by atoms with van der Waals surface area (Å²) in [6.45, 7) is 8.79. The van der Waals surface area contributed by atoms with Gasteiger partial charge in [-0.2, -0.15) is 5.10 Å². The van der Waals surface area contributed by atoms with Crippen LogP contribution in [-0.4, -0.2) is 18.2 Å². The number of hydrazone groups is 1. The molecule has 1 N–H and O–H groups in total. The summed E-state index contributed by atoms with van der Waals surface area (Å²) < 4.78 is 5.53. The molecule has 0 atom stereocenters. The van der Waals surface area contributed by atoms with Crippen LogP contribution in [0.25, 0.3) is 0 Å². The molecule has 1 aromatic rings. The van der Waals surface area contributed by atoms with Gasteiger partial charge in [0, 0.05) is 10.7 Å². The molecule has 1 aliphatic rings. The highest BCUT2D eigenvalue weighted by atomic mass is 35.5. The van der Waals surface area contributed by atoms with Crippen LogP contribution in [0.4, 0.5) is 0 Å². The number of hydrogen-bond acceptors (Lipinski definition) is 3. The first kappa shape index (κ1) is 19.8. The molecule has 1 aliphatic carbocycles. The van der Waals surface area contributed by atoms with Crippen molar-refractivity contribution < 1.29 is 9.53 Å². The molecule has 4 nitrogen and oxygen atoms in total. The Morgan fingerprint density at radius 2 is 2.04 bits per heavy atom. The standard InChI is InChI=1S/C20H29ClN2O2/c1-5-20(3,4)15-6-9-17(10-7-15)22-23-19(24)13-25-18-11-8-16(21)12-14(18)2/h8,11-12,15H,5-7,9-10,13H2,1-4H3,(H,23,24). The number of aryl methyl sites for hydroxylation is 1. The third-order valence-electron chi connectivity index (χ3n) is 5.41. The minimum absolute atomic E-state index is 0.0508. The molecule has 25 heavy (non-hydrogen) atoms. The zero-order valence-corrected chi connectivity index (χ0v) is 16.4. The second-order valence-corrected chi connectivity index (χ2v) is 7.96. The number of nitrogens with zero attached hydrogens (tertiary/aromatic N) is 1. The van der Waals surface area contributed by atoms with Crippen molar-refractivity contribution in [2.45, 2.75) is 59.8 Å². The molecule has 138 valence electrons. The molecular weight excluding hydrogens is 336 g/mol. The number of amides is 1. The number of hydrogen-bond donors (Lipinski definition) is 1. The van der Waals surface area contributed by atoms with Crippen LogP contribution in [0.15, 0.2) is 23.3 Å². The number of ether oxygens (including phenoxy) is 1. The average molecular weight is 365 g/mol. The summed E-state index contributed by atoms with van der Waals surface area (Å²) in [6.07, 6.45) is 5.42. The number of halogens is 1. The van der Waals surface area contributed by atoms with Crippen LogP contribution >= 0.6 is 11.6 Å². The lowest BCUT2D eigenvalue weighted by Gasteiger charge is -2.36. The Bertz CT molecular complexity index is 631. The Labute approximate surface area is 156 Å². The van der Waals surface area contributed by atoms with E-state index in [1.54, 1.807) is 12.1 Å². The second-order valence-electron chi connectivity index (χ2n) is 7.53. The summed E-state index contributed by atoms with van der Waals surface area (Å²) in [6, 6.07) is 5.33. The van der Waals surface area contributed by atoms with Crippen molar-refractivity contribution in [2.75, 3.05) is 6.61 Å². The monoisotopic (exact) mass is 364 g/mol. The molecule has 1 fully saturated rings. The predicted octanol–water partition coefficient (Wildman–Crippen LogP) is 5.13. The van der Waals surface area contributed by atoms with E-state index in [0.717, 1.165) is 42.9 Å². The second kappa shape index (κ2) is 8.70.